The minimum Gasteiger partial charge on any atom is -0.461 e. The molecule has 0 radical (unpaired) electrons. The Morgan fingerprint density at radius 3 is 3.00 bits per heavy atom. The first-order chi connectivity index (χ1) is 5.36. The number of hydrogen-bond donors (Lipinski definition) is 0. The molecule has 0 N–H and O–H groups in total. The number of fused-ring (bicyclic) bond motifs is 1. The molecule has 0 fully saturated rings. The van der Waals surface area contributed by atoms with Gasteiger partial charge in [-0.15, -0.1) is 0 Å². The Hall–Kier alpha value is -1.44. The molecule has 1 aromatic rings. The highest BCUT2D eigenvalue weighted by Gasteiger charge is 2.11. The molecule has 1 aliphatic heterocycles. The van der Waals surface area contributed by atoms with Crippen LogP contribution < -0.4 is 4.74 Å². The van der Waals surface area contributed by atoms with Crippen LogP contribution in [0.25, 0.3) is 0 Å². The number of benzene rings is 1. The average Bonchev–Trinajstić information content (AvgIpc) is 2.04. The Morgan fingerprint density at radius 2 is 2.09 bits per heavy atom. The van der Waals surface area contributed by atoms with Crippen LogP contribution in [0.5, 0.6) is 5.75 Å². The summed E-state index contributed by atoms with van der Waals surface area (Å²) in [4.78, 5) is 0. The maximum absolute atomic E-state index is 5.22. The number of rotatable bonds is 0. The second kappa shape index (κ2) is 2.31. The molecule has 2 nitrogen and oxygen atoms in total. The zero-order valence-electron chi connectivity index (χ0n) is 6.04. The lowest BCUT2D eigenvalue weighted by Gasteiger charge is -2.18. The molecule has 1 aliphatic rings. The Labute approximate surface area is 65.1 Å². The quantitative estimate of drug-likeness (QED) is 0.560. The molecule has 0 amide bonds. The Kier molecular flexibility index (Phi) is 1.32. The minimum atomic E-state index is 0.378. The topological polar surface area (TPSA) is 18.5 Å². The van der Waals surface area contributed by atoms with Crippen molar-refractivity contribution in [3.63, 3.8) is 0 Å². The summed E-state index contributed by atoms with van der Waals surface area (Å²) in [5.41, 5.74) is 1.07. The van der Waals surface area contributed by atoms with Crippen molar-refractivity contribution in [3.05, 3.63) is 42.4 Å². The second-order valence-electron chi connectivity index (χ2n) is 2.37. The first kappa shape index (κ1) is 6.28. The molecule has 1 aromatic carbocycles. The van der Waals surface area contributed by atoms with Crippen molar-refractivity contribution >= 4 is 0 Å². The summed E-state index contributed by atoms with van der Waals surface area (Å²) in [6.07, 6.45) is 0. The van der Waals surface area contributed by atoms with Crippen LogP contribution in [0.1, 0.15) is 5.56 Å². The van der Waals surface area contributed by atoms with Gasteiger partial charge in [-0.1, -0.05) is 18.2 Å². The normalized spacial score (nSPS) is 14.7. The van der Waals surface area contributed by atoms with Gasteiger partial charge in [0.2, 0.25) is 0 Å². The fourth-order valence-electron chi connectivity index (χ4n) is 1.03. The Balaban J connectivity index is 2.41. The first-order valence-corrected chi connectivity index (χ1v) is 3.44. The van der Waals surface area contributed by atoms with Crippen LogP contribution >= 0.6 is 0 Å². The van der Waals surface area contributed by atoms with E-state index in [1.165, 1.54) is 0 Å². The fourth-order valence-corrected chi connectivity index (χ4v) is 1.03. The number of ether oxygens (including phenoxy) is 2. The highest BCUT2D eigenvalue weighted by atomic mass is 16.7. The van der Waals surface area contributed by atoms with Gasteiger partial charge < -0.3 is 9.47 Å². The maximum Gasteiger partial charge on any atom is 0.277 e. The van der Waals surface area contributed by atoms with E-state index in [9.17, 15) is 0 Å². The lowest BCUT2D eigenvalue weighted by Crippen LogP contribution is -2.07. The van der Waals surface area contributed by atoms with Gasteiger partial charge >= 0.3 is 0 Å². The van der Waals surface area contributed by atoms with Crippen LogP contribution in [0.2, 0.25) is 0 Å². The smallest absolute Gasteiger partial charge is 0.277 e. The SMILES string of the molecule is C=C1OCc2ccccc2O1. The van der Waals surface area contributed by atoms with Crippen LogP contribution in [0.3, 0.4) is 0 Å². The lowest BCUT2D eigenvalue weighted by atomic mass is 10.2. The van der Waals surface area contributed by atoms with Crippen molar-refractivity contribution in [2.24, 2.45) is 0 Å². The van der Waals surface area contributed by atoms with Gasteiger partial charge in [0.05, 0.1) is 0 Å². The van der Waals surface area contributed by atoms with E-state index in [0.29, 0.717) is 12.6 Å². The molecule has 1 heterocycles. The van der Waals surface area contributed by atoms with Gasteiger partial charge in [-0.3, -0.25) is 0 Å². The van der Waals surface area contributed by atoms with Crippen molar-refractivity contribution in [2.75, 3.05) is 0 Å². The standard InChI is InChI=1S/C9H8O2/c1-7-10-6-8-4-2-3-5-9(8)11-7/h2-5H,1,6H2. The van der Waals surface area contributed by atoms with E-state index >= 15 is 0 Å². The number of hydrogen-bond acceptors (Lipinski definition) is 2. The first-order valence-electron chi connectivity index (χ1n) is 3.44. The predicted molar refractivity (Wildman–Crippen MR) is 41.0 cm³/mol. The maximum atomic E-state index is 5.22. The fraction of sp³-hybridized carbons (Fsp3) is 0.111. The molecule has 0 aliphatic carbocycles. The molecule has 0 saturated heterocycles. The van der Waals surface area contributed by atoms with Crippen LogP contribution in [0.4, 0.5) is 0 Å². The summed E-state index contributed by atoms with van der Waals surface area (Å²) in [6, 6.07) is 7.77. The molecule has 0 spiro atoms. The van der Waals surface area contributed by atoms with Gasteiger partial charge in [0.15, 0.2) is 0 Å². The van der Waals surface area contributed by atoms with E-state index in [2.05, 4.69) is 6.58 Å². The number of para-hydroxylation sites is 1. The van der Waals surface area contributed by atoms with Gasteiger partial charge in [-0.05, 0) is 12.6 Å². The third kappa shape index (κ3) is 1.07. The molecule has 0 aromatic heterocycles. The van der Waals surface area contributed by atoms with Gasteiger partial charge in [-0.25, -0.2) is 0 Å². The molecular weight excluding hydrogens is 140 g/mol. The summed E-state index contributed by atoms with van der Waals surface area (Å²) in [5, 5.41) is 0. The molecule has 56 valence electrons. The van der Waals surface area contributed by atoms with Crippen LogP contribution in [-0.4, -0.2) is 0 Å². The average molecular weight is 148 g/mol. The largest absolute Gasteiger partial charge is 0.461 e. The lowest BCUT2D eigenvalue weighted by molar-refractivity contribution is 0.0738. The third-order valence-corrected chi connectivity index (χ3v) is 1.59. The van der Waals surface area contributed by atoms with Crippen molar-refractivity contribution in [3.8, 4) is 5.75 Å². The van der Waals surface area contributed by atoms with Crippen molar-refractivity contribution in [2.45, 2.75) is 6.61 Å². The molecule has 0 bridgehead atoms. The van der Waals surface area contributed by atoms with E-state index in [1.54, 1.807) is 0 Å². The third-order valence-electron chi connectivity index (χ3n) is 1.59. The van der Waals surface area contributed by atoms with E-state index < -0.39 is 0 Å². The Bertz CT molecular complexity index is 291. The molecule has 0 atom stereocenters. The molecular formula is C9H8O2. The van der Waals surface area contributed by atoms with Gasteiger partial charge in [-0.2, -0.15) is 0 Å². The van der Waals surface area contributed by atoms with Gasteiger partial charge in [0.25, 0.3) is 5.95 Å². The van der Waals surface area contributed by atoms with Crippen LogP contribution in [-0.2, 0) is 11.3 Å². The minimum absolute atomic E-state index is 0.378. The zero-order valence-corrected chi connectivity index (χ0v) is 6.04. The second-order valence-corrected chi connectivity index (χ2v) is 2.37. The highest BCUT2D eigenvalue weighted by Crippen LogP contribution is 2.25. The van der Waals surface area contributed by atoms with Crippen molar-refractivity contribution in [1.82, 2.24) is 0 Å². The zero-order chi connectivity index (χ0) is 7.68. The summed E-state index contributed by atoms with van der Waals surface area (Å²) < 4.78 is 10.3. The Morgan fingerprint density at radius 1 is 1.27 bits per heavy atom. The molecule has 0 saturated carbocycles. The molecule has 2 rings (SSSR count). The summed E-state index contributed by atoms with van der Waals surface area (Å²) >= 11 is 0. The van der Waals surface area contributed by atoms with Crippen molar-refractivity contribution in [1.29, 1.82) is 0 Å². The molecule has 2 heteroatoms. The summed E-state index contributed by atoms with van der Waals surface area (Å²) in [5.74, 6) is 1.23. The summed E-state index contributed by atoms with van der Waals surface area (Å²) in [6.45, 7) is 4.13. The van der Waals surface area contributed by atoms with E-state index in [0.717, 1.165) is 11.3 Å². The van der Waals surface area contributed by atoms with E-state index in [4.69, 9.17) is 9.47 Å². The monoisotopic (exact) mass is 148 g/mol. The highest BCUT2D eigenvalue weighted by molar-refractivity contribution is 5.34. The summed E-state index contributed by atoms with van der Waals surface area (Å²) in [7, 11) is 0. The van der Waals surface area contributed by atoms with E-state index in [-0.39, 0.29) is 0 Å². The van der Waals surface area contributed by atoms with Crippen LogP contribution in [0, 0.1) is 0 Å². The predicted octanol–water partition coefficient (Wildman–Crippen LogP) is 2.07. The molecule has 11 heavy (non-hydrogen) atoms. The van der Waals surface area contributed by atoms with Crippen molar-refractivity contribution < 1.29 is 9.47 Å². The molecule has 0 unspecified atom stereocenters. The van der Waals surface area contributed by atoms with Crippen LogP contribution in [0.15, 0.2) is 36.8 Å². The van der Waals surface area contributed by atoms with Gasteiger partial charge in [0.1, 0.15) is 12.4 Å². The van der Waals surface area contributed by atoms with Gasteiger partial charge in [0, 0.05) is 5.56 Å². The van der Waals surface area contributed by atoms with E-state index in [1.807, 2.05) is 24.3 Å².